The van der Waals surface area contributed by atoms with E-state index in [1.165, 1.54) is 6.08 Å². The first-order valence-electron chi connectivity index (χ1n) is 7.04. The van der Waals surface area contributed by atoms with Gasteiger partial charge < -0.3 is 9.47 Å². The Labute approximate surface area is 153 Å². The summed E-state index contributed by atoms with van der Waals surface area (Å²) in [6.45, 7) is 6.21. The number of rotatable bonds is 6. The summed E-state index contributed by atoms with van der Waals surface area (Å²) in [5, 5.41) is 4.77. The van der Waals surface area contributed by atoms with E-state index in [4.69, 9.17) is 21.7 Å². The maximum atomic E-state index is 11.9. The molecule has 0 bridgehead atoms. The van der Waals surface area contributed by atoms with Gasteiger partial charge in [0.2, 0.25) is 0 Å². The maximum Gasteiger partial charge on any atom is 0.263 e. The average molecular weight is 411 g/mol. The number of benzene rings is 1. The highest BCUT2D eigenvalue weighted by molar-refractivity contribution is 9.10. The summed E-state index contributed by atoms with van der Waals surface area (Å²) in [6, 6.07) is 3.41. The van der Waals surface area contributed by atoms with Crippen LogP contribution >= 0.6 is 28.1 Å². The molecule has 2 amide bonds. The number of carbonyl (C=O) groups is 2. The van der Waals surface area contributed by atoms with Crippen molar-refractivity contribution in [2.75, 3.05) is 13.2 Å². The van der Waals surface area contributed by atoms with Crippen molar-refractivity contribution in [2.45, 2.75) is 6.92 Å². The lowest BCUT2D eigenvalue weighted by molar-refractivity contribution is -0.123. The number of thiocarbonyl (C=S) groups is 1. The van der Waals surface area contributed by atoms with Crippen LogP contribution in [0, 0.1) is 0 Å². The van der Waals surface area contributed by atoms with Crippen molar-refractivity contribution in [1.29, 1.82) is 0 Å². The quantitative estimate of drug-likeness (QED) is 0.325. The van der Waals surface area contributed by atoms with Crippen LogP contribution in [0.25, 0.3) is 6.08 Å². The highest BCUT2D eigenvalue weighted by Gasteiger charge is 2.26. The SMILES string of the molecule is C=CCOc1c(Br)cc(C=C2C(=O)NC(=S)NC2=O)cc1OCC. The van der Waals surface area contributed by atoms with Gasteiger partial charge in [-0.3, -0.25) is 20.2 Å². The standard InChI is InChI=1S/C16H15BrN2O4S/c1-3-5-23-13-11(17)7-9(8-12(13)22-4-2)6-10-14(20)18-16(24)19-15(10)21/h3,6-8H,1,4-5H2,2H3,(H2,18,19,20,21,24). The van der Waals surface area contributed by atoms with Gasteiger partial charge >= 0.3 is 0 Å². The topological polar surface area (TPSA) is 76.7 Å². The molecule has 1 fully saturated rings. The molecular weight excluding hydrogens is 396 g/mol. The minimum atomic E-state index is -0.551. The lowest BCUT2D eigenvalue weighted by atomic mass is 10.1. The lowest BCUT2D eigenvalue weighted by Crippen LogP contribution is -2.51. The minimum Gasteiger partial charge on any atom is -0.490 e. The predicted molar refractivity (Wildman–Crippen MR) is 97.9 cm³/mol. The molecule has 126 valence electrons. The summed E-state index contributed by atoms with van der Waals surface area (Å²) in [7, 11) is 0. The molecule has 1 heterocycles. The van der Waals surface area contributed by atoms with Crippen molar-refractivity contribution in [1.82, 2.24) is 10.6 Å². The number of hydrogen-bond acceptors (Lipinski definition) is 5. The highest BCUT2D eigenvalue weighted by atomic mass is 79.9. The van der Waals surface area contributed by atoms with Crippen molar-refractivity contribution in [2.24, 2.45) is 0 Å². The van der Waals surface area contributed by atoms with E-state index in [2.05, 4.69) is 33.1 Å². The molecule has 2 N–H and O–H groups in total. The van der Waals surface area contributed by atoms with Gasteiger partial charge in [-0.1, -0.05) is 12.7 Å². The molecule has 0 unspecified atom stereocenters. The molecule has 6 nitrogen and oxygen atoms in total. The second-order valence-electron chi connectivity index (χ2n) is 4.66. The van der Waals surface area contributed by atoms with Gasteiger partial charge in [0.1, 0.15) is 12.2 Å². The van der Waals surface area contributed by atoms with Gasteiger partial charge in [0.25, 0.3) is 11.8 Å². The Kier molecular flexibility index (Phi) is 6.10. The Morgan fingerprint density at radius 1 is 1.25 bits per heavy atom. The van der Waals surface area contributed by atoms with Crippen LogP contribution in [0.15, 0.2) is 34.8 Å². The summed E-state index contributed by atoms with van der Waals surface area (Å²) in [5.41, 5.74) is 0.558. The molecule has 0 aromatic heterocycles. The van der Waals surface area contributed by atoms with Crippen LogP contribution in [0.5, 0.6) is 11.5 Å². The van der Waals surface area contributed by atoms with E-state index in [0.717, 1.165) is 0 Å². The maximum absolute atomic E-state index is 11.9. The van der Waals surface area contributed by atoms with E-state index in [1.807, 2.05) is 6.92 Å². The third-order valence-electron chi connectivity index (χ3n) is 2.93. The first kappa shape index (κ1) is 18.2. The molecule has 1 saturated heterocycles. The highest BCUT2D eigenvalue weighted by Crippen LogP contribution is 2.37. The van der Waals surface area contributed by atoms with Gasteiger partial charge in [-0.2, -0.15) is 0 Å². The van der Waals surface area contributed by atoms with Gasteiger partial charge in [0, 0.05) is 0 Å². The molecule has 0 atom stereocenters. The molecular formula is C16H15BrN2O4S. The number of halogens is 1. The molecule has 0 aliphatic carbocycles. The molecule has 0 radical (unpaired) electrons. The van der Waals surface area contributed by atoms with Crippen molar-refractivity contribution < 1.29 is 19.1 Å². The third-order valence-corrected chi connectivity index (χ3v) is 3.72. The van der Waals surface area contributed by atoms with Gasteiger partial charge in [-0.05, 0) is 58.8 Å². The zero-order valence-electron chi connectivity index (χ0n) is 12.8. The Morgan fingerprint density at radius 2 is 1.92 bits per heavy atom. The van der Waals surface area contributed by atoms with Crippen LogP contribution in [-0.4, -0.2) is 30.1 Å². The van der Waals surface area contributed by atoms with E-state index in [1.54, 1.807) is 18.2 Å². The van der Waals surface area contributed by atoms with E-state index in [9.17, 15) is 9.59 Å². The summed E-state index contributed by atoms with van der Waals surface area (Å²) >= 11 is 8.18. The number of carbonyl (C=O) groups excluding carboxylic acids is 2. The molecule has 1 aliphatic rings. The van der Waals surface area contributed by atoms with Crippen molar-refractivity contribution in [3.05, 3.63) is 40.4 Å². The first-order chi connectivity index (χ1) is 11.5. The van der Waals surface area contributed by atoms with Gasteiger partial charge in [-0.25, -0.2) is 0 Å². The van der Waals surface area contributed by atoms with Gasteiger partial charge in [0.15, 0.2) is 16.6 Å². The first-order valence-corrected chi connectivity index (χ1v) is 8.24. The molecule has 2 rings (SSSR count). The molecule has 8 heteroatoms. The fourth-order valence-corrected chi connectivity index (χ4v) is 2.75. The van der Waals surface area contributed by atoms with Crippen LogP contribution in [0.1, 0.15) is 12.5 Å². The van der Waals surface area contributed by atoms with Crippen molar-refractivity contribution in [3.63, 3.8) is 0 Å². The van der Waals surface area contributed by atoms with Gasteiger partial charge in [0.05, 0.1) is 11.1 Å². The predicted octanol–water partition coefficient (Wildman–Crippen LogP) is 2.33. The number of ether oxygens (including phenoxy) is 2. The summed E-state index contributed by atoms with van der Waals surface area (Å²) < 4.78 is 11.8. The molecule has 24 heavy (non-hydrogen) atoms. The van der Waals surface area contributed by atoms with Crippen LogP contribution < -0.4 is 20.1 Å². The zero-order valence-corrected chi connectivity index (χ0v) is 15.3. The largest absolute Gasteiger partial charge is 0.490 e. The minimum absolute atomic E-state index is 0.00786. The Hall–Kier alpha value is -2.19. The van der Waals surface area contributed by atoms with Crippen LogP contribution in [-0.2, 0) is 9.59 Å². The number of amides is 2. The van der Waals surface area contributed by atoms with E-state index in [-0.39, 0.29) is 10.7 Å². The van der Waals surface area contributed by atoms with Crippen LogP contribution in [0.3, 0.4) is 0 Å². The lowest BCUT2D eigenvalue weighted by Gasteiger charge is -2.17. The molecule has 1 aromatic carbocycles. The normalized spacial score (nSPS) is 13.9. The fourth-order valence-electron chi connectivity index (χ4n) is 1.99. The van der Waals surface area contributed by atoms with Crippen LogP contribution in [0.4, 0.5) is 0 Å². The molecule has 1 aliphatic heterocycles. The van der Waals surface area contributed by atoms with E-state index >= 15 is 0 Å². The van der Waals surface area contributed by atoms with Crippen LogP contribution in [0.2, 0.25) is 0 Å². The Morgan fingerprint density at radius 3 is 2.50 bits per heavy atom. The fraction of sp³-hybridized carbons (Fsp3) is 0.188. The van der Waals surface area contributed by atoms with E-state index < -0.39 is 11.8 Å². The average Bonchev–Trinajstić information content (AvgIpc) is 2.50. The summed E-state index contributed by atoms with van der Waals surface area (Å²) in [4.78, 5) is 23.8. The second kappa shape index (κ2) is 8.07. The second-order valence-corrected chi connectivity index (χ2v) is 5.92. The summed E-state index contributed by atoms with van der Waals surface area (Å²) in [6.07, 6.45) is 3.08. The Bertz CT molecular complexity index is 724. The number of nitrogens with one attached hydrogen (secondary N) is 2. The molecule has 1 aromatic rings. The summed E-state index contributed by atoms with van der Waals surface area (Å²) in [5.74, 6) is -0.0834. The van der Waals surface area contributed by atoms with Crippen molar-refractivity contribution >= 4 is 51.2 Å². The number of hydrogen-bond donors (Lipinski definition) is 2. The monoisotopic (exact) mass is 410 g/mol. The Balaban J connectivity index is 2.42. The van der Waals surface area contributed by atoms with Crippen molar-refractivity contribution in [3.8, 4) is 11.5 Å². The smallest absolute Gasteiger partial charge is 0.263 e. The molecule has 0 saturated carbocycles. The third kappa shape index (κ3) is 4.21. The molecule has 0 spiro atoms. The van der Waals surface area contributed by atoms with E-state index in [0.29, 0.717) is 34.7 Å². The van der Waals surface area contributed by atoms with Gasteiger partial charge in [-0.15, -0.1) is 0 Å². The zero-order chi connectivity index (χ0) is 17.7.